The van der Waals surface area contributed by atoms with Gasteiger partial charge in [0.1, 0.15) is 17.0 Å². The third kappa shape index (κ3) is 7.45. The fraction of sp³-hybridized carbons (Fsp3) is 0.0513. The number of amidine groups is 1. The second kappa shape index (κ2) is 13.9. The first kappa shape index (κ1) is 29.1. The molecular formula is C39H35N3O. The van der Waals surface area contributed by atoms with Crippen molar-refractivity contribution in [3.8, 4) is 22.3 Å². The van der Waals surface area contributed by atoms with Crippen molar-refractivity contribution >= 4 is 27.8 Å². The smallest absolute Gasteiger partial charge is 0.135 e. The van der Waals surface area contributed by atoms with E-state index in [0.29, 0.717) is 6.54 Å². The van der Waals surface area contributed by atoms with Crippen LogP contribution < -0.4 is 11.5 Å². The van der Waals surface area contributed by atoms with E-state index in [2.05, 4.69) is 97.9 Å². The Kier molecular flexibility index (Phi) is 9.42. The molecule has 0 aliphatic carbocycles. The number of hydrogen-bond acceptors (Lipinski definition) is 3. The lowest BCUT2D eigenvalue weighted by molar-refractivity contribution is 0.669. The molecule has 6 aromatic carbocycles. The number of para-hydroxylation sites is 1. The van der Waals surface area contributed by atoms with Crippen LogP contribution >= 0.6 is 0 Å². The summed E-state index contributed by atoms with van der Waals surface area (Å²) in [4.78, 5) is 0. The Balaban J connectivity index is 0.000000137. The van der Waals surface area contributed by atoms with E-state index < -0.39 is 0 Å². The highest BCUT2D eigenvalue weighted by atomic mass is 16.3. The molecule has 4 nitrogen and oxygen atoms in total. The molecule has 0 atom stereocenters. The molecule has 0 saturated carbocycles. The Bertz CT molecular complexity index is 1870. The fourth-order valence-corrected chi connectivity index (χ4v) is 4.90. The maximum Gasteiger partial charge on any atom is 0.135 e. The topological polar surface area (TPSA) is 89.0 Å². The van der Waals surface area contributed by atoms with Gasteiger partial charge in [0.15, 0.2) is 0 Å². The van der Waals surface area contributed by atoms with Crippen molar-refractivity contribution in [3.63, 3.8) is 0 Å². The lowest BCUT2D eigenvalue weighted by Crippen LogP contribution is -2.10. The largest absolute Gasteiger partial charge is 0.456 e. The lowest BCUT2D eigenvalue weighted by atomic mass is 9.97. The van der Waals surface area contributed by atoms with Crippen molar-refractivity contribution in [1.82, 2.24) is 0 Å². The van der Waals surface area contributed by atoms with E-state index in [9.17, 15) is 0 Å². The van der Waals surface area contributed by atoms with Crippen molar-refractivity contribution in [3.05, 3.63) is 168 Å². The number of furan rings is 1. The minimum Gasteiger partial charge on any atom is -0.456 e. The first-order valence-electron chi connectivity index (χ1n) is 14.2. The number of fused-ring (bicyclic) bond motifs is 3. The third-order valence-corrected chi connectivity index (χ3v) is 7.05. The first-order chi connectivity index (χ1) is 21.0. The predicted octanol–water partition coefficient (Wildman–Crippen LogP) is 9.34. The van der Waals surface area contributed by atoms with E-state index in [1.165, 1.54) is 27.8 Å². The van der Waals surface area contributed by atoms with Gasteiger partial charge in [0.2, 0.25) is 0 Å². The summed E-state index contributed by atoms with van der Waals surface area (Å²) in [6.07, 6.45) is 0. The van der Waals surface area contributed by atoms with Crippen LogP contribution in [-0.4, -0.2) is 5.84 Å². The SMILES string of the molecule is Cc1cc(-c2ccccc2)cc(-c2ccccc2)c1.N=C(N)c1ccccc1.NCc1ccc2oc3ccccc3c2c1. The van der Waals surface area contributed by atoms with Crippen molar-refractivity contribution in [1.29, 1.82) is 5.41 Å². The molecule has 1 aromatic heterocycles. The summed E-state index contributed by atoms with van der Waals surface area (Å²) >= 11 is 0. The summed E-state index contributed by atoms with van der Waals surface area (Å²) in [5.74, 6) is 0.121. The van der Waals surface area contributed by atoms with E-state index in [4.69, 9.17) is 21.3 Å². The second-order valence-electron chi connectivity index (χ2n) is 10.2. The fourth-order valence-electron chi connectivity index (χ4n) is 4.90. The van der Waals surface area contributed by atoms with Crippen molar-refractivity contribution in [2.24, 2.45) is 11.5 Å². The van der Waals surface area contributed by atoms with Crippen molar-refractivity contribution < 1.29 is 4.42 Å². The number of benzene rings is 6. The second-order valence-corrected chi connectivity index (χ2v) is 10.2. The van der Waals surface area contributed by atoms with Gasteiger partial charge in [-0.15, -0.1) is 0 Å². The lowest BCUT2D eigenvalue weighted by Gasteiger charge is -2.08. The average Bonchev–Trinajstić information content (AvgIpc) is 3.44. The van der Waals surface area contributed by atoms with E-state index in [1.807, 2.05) is 60.7 Å². The minimum atomic E-state index is 0.121. The van der Waals surface area contributed by atoms with E-state index in [0.717, 1.165) is 33.1 Å². The summed E-state index contributed by atoms with van der Waals surface area (Å²) in [6.45, 7) is 2.72. The molecule has 0 amide bonds. The van der Waals surface area contributed by atoms with Gasteiger partial charge in [-0.3, -0.25) is 5.41 Å². The van der Waals surface area contributed by atoms with Gasteiger partial charge < -0.3 is 15.9 Å². The van der Waals surface area contributed by atoms with Crippen molar-refractivity contribution in [2.75, 3.05) is 0 Å². The Morgan fingerprint density at radius 3 is 1.60 bits per heavy atom. The maximum atomic E-state index is 7.01. The van der Waals surface area contributed by atoms with Crippen LogP contribution in [0.4, 0.5) is 0 Å². The summed E-state index contributed by atoms with van der Waals surface area (Å²) in [5.41, 5.74) is 21.0. The summed E-state index contributed by atoms with van der Waals surface area (Å²) in [7, 11) is 0. The monoisotopic (exact) mass is 561 g/mol. The van der Waals surface area contributed by atoms with Gasteiger partial charge in [-0.1, -0.05) is 127 Å². The molecule has 0 radical (unpaired) electrons. The molecule has 7 aromatic rings. The molecule has 0 aliphatic rings. The zero-order valence-corrected chi connectivity index (χ0v) is 24.2. The van der Waals surface area contributed by atoms with E-state index >= 15 is 0 Å². The molecule has 7 rings (SSSR count). The number of aryl methyl sites for hydroxylation is 1. The molecular weight excluding hydrogens is 526 g/mol. The molecule has 43 heavy (non-hydrogen) atoms. The molecule has 0 aliphatic heterocycles. The van der Waals surface area contributed by atoms with Gasteiger partial charge in [-0.2, -0.15) is 0 Å². The molecule has 1 heterocycles. The van der Waals surface area contributed by atoms with E-state index in [1.54, 1.807) is 0 Å². The summed E-state index contributed by atoms with van der Waals surface area (Å²) in [5, 5.41) is 9.32. The van der Waals surface area contributed by atoms with Gasteiger partial charge in [0.25, 0.3) is 0 Å². The van der Waals surface area contributed by atoms with Crippen LogP contribution in [0.5, 0.6) is 0 Å². The van der Waals surface area contributed by atoms with Gasteiger partial charge >= 0.3 is 0 Å². The Morgan fingerprint density at radius 1 is 0.558 bits per heavy atom. The molecule has 0 unspecified atom stereocenters. The van der Waals surface area contributed by atoms with E-state index in [-0.39, 0.29) is 5.84 Å². The minimum absolute atomic E-state index is 0.121. The third-order valence-electron chi connectivity index (χ3n) is 7.05. The number of hydrogen-bond donors (Lipinski definition) is 3. The number of nitrogens with two attached hydrogens (primary N) is 2. The van der Waals surface area contributed by atoms with Gasteiger partial charge in [0.05, 0.1) is 0 Å². The van der Waals surface area contributed by atoms with Gasteiger partial charge in [0, 0.05) is 22.9 Å². The predicted molar refractivity (Wildman–Crippen MR) is 181 cm³/mol. The molecule has 0 bridgehead atoms. The van der Waals surface area contributed by atoms with Gasteiger partial charge in [-0.25, -0.2) is 0 Å². The van der Waals surface area contributed by atoms with Crippen LogP contribution in [-0.2, 0) is 6.54 Å². The average molecular weight is 562 g/mol. The maximum absolute atomic E-state index is 7.01. The molecule has 5 N–H and O–H groups in total. The number of rotatable bonds is 4. The van der Waals surface area contributed by atoms with Crippen LogP contribution in [0.25, 0.3) is 44.2 Å². The highest BCUT2D eigenvalue weighted by Gasteiger charge is 2.06. The molecule has 212 valence electrons. The quantitative estimate of drug-likeness (QED) is 0.148. The molecule has 0 saturated heterocycles. The Hall–Kier alpha value is -5.45. The van der Waals surface area contributed by atoms with Crippen LogP contribution in [0.1, 0.15) is 16.7 Å². The van der Waals surface area contributed by atoms with Gasteiger partial charge in [-0.05, 0) is 64.6 Å². The Labute approximate surface area is 252 Å². The van der Waals surface area contributed by atoms with Crippen LogP contribution in [0, 0.1) is 12.3 Å². The zero-order chi connectivity index (χ0) is 30.0. The number of nitrogen functional groups attached to an aromatic ring is 1. The highest BCUT2D eigenvalue weighted by Crippen LogP contribution is 2.29. The normalized spacial score (nSPS) is 10.4. The molecule has 4 heteroatoms. The van der Waals surface area contributed by atoms with Crippen LogP contribution in [0.15, 0.2) is 156 Å². The highest BCUT2D eigenvalue weighted by molar-refractivity contribution is 6.05. The van der Waals surface area contributed by atoms with Crippen LogP contribution in [0.2, 0.25) is 0 Å². The molecule has 0 spiro atoms. The molecule has 0 fully saturated rings. The van der Waals surface area contributed by atoms with Crippen molar-refractivity contribution in [2.45, 2.75) is 13.5 Å². The Morgan fingerprint density at radius 2 is 1.07 bits per heavy atom. The standard InChI is InChI=1S/C19H16.C13H11NO.C7H8N2/c1-15-12-18(16-8-4-2-5-9-16)14-19(13-15)17-10-6-3-7-11-17;14-8-9-5-6-13-11(7-9)10-3-1-2-4-12(10)15-13;8-7(9)6-4-2-1-3-5-6/h2-14H,1H3;1-7H,8,14H2;1-5H,(H3,8,9). The summed E-state index contributed by atoms with van der Waals surface area (Å²) < 4.78 is 5.71. The number of nitrogens with one attached hydrogen (secondary N) is 1. The first-order valence-corrected chi connectivity index (χ1v) is 14.2. The van der Waals surface area contributed by atoms with Crippen LogP contribution in [0.3, 0.4) is 0 Å². The zero-order valence-electron chi connectivity index (χ0n) is 24.2. The summed E-state index contributed by atoms with van der Waals surface area (Å²) in [6, 6.07) is 51.2.